The summed E-state index contributed by atoms with van der Waals surface area (Å²) in [6.07, 6.45) is 1.44. The lowest BCUT2D eigenvalue weighted by atomic mass is 10.1. The summed E-state index contributed by atoms with van der Waals surface area (Å²) in [5.41, 5.74) is 1.40. The molecular formula is C16H11ClN4O2S. The van der Waals surface area contributed by atoms with E-state index >= 15 is 0 Å². The molecule has 24 heavy (non-hydrogen) atoms. The molecule has 1 aromatic heterocycles. The van der Waals surface area contributed by atoms with Gasteiger partial charge in [0.15, 0.2) is 5.82 Å². The lowest BCUT2D eigenvalue weighted by Crippen LogP contribution is -2.02. The summed E-state index contributed by atoms with van der Waals surface area (Å²) in [5, 5.41) is 20.9. The molecule has 0 fully saturated rings. The smallest absolute Gasteiger partial charge is 0.336 e. The summed E-state index contributed by atoms with van der Waals surface area (Å²) in [7, 11) is 0. The maximum absolute atomic E-state index is 11.3. The van der Waals surface area contributed by atoms with Gasteiger partial charge in [0, 0.05) is 16.1 Å². The number of carboxylic acids is 1. The highest BCUT2D eigenvalue weighted by molar-refractivity contribution is 7.71. The summed E-state index contributed by atoms with van der Waals surface area (Å²) in [6.45, 7) is 0. The van der Waals surface area contributed by atoms with E-state index in [2.05, 4.69) is 15.3 Å². The Balaban J connectivity index is 2.03. The Bertz CT molecular complexity index is 976. The number of halogens is 1. The van der Waals surface area contributed by atoms with E-state index in [4.69, 9.17) is 23.8 Å². The maximum Gasteiger partial charge on any atom is 0.336 e. The molecule has 0 bridgehead atoms. The maximum atomic E-state index is 11.3. The number of rotatable bonds is 4. The second-order valence-corrected chi connectivity index (χ2v) is 5.63. The van der Waals surface area contributed by atoms with Crippen LogP contribution in [0.3, 0.4) is 0 Å². The van der Waals surface area contributed by atoms with E-state index in [0.29, 0.717) is 21.2 Å². The van der Waals surface area contributed by atoms with Crippen LogP contribution in [0.5, 0.6) is 0 Å². The van der Waals surface area contributed by atoms with Crippen LogP contribution in [-0.2, 0) is 0 Å². The number of aromatic carboxylic acids is 1. The van der Waals surface area contributed by atoms with E-state index in [-0.39, 0.29) is 5.56 Å². The number of nitrogens with zero attached hydrogens (tertiary/aromatic N) is 3. The molecule has 0 radical (unpaired) electrons. The molecule has 0 aliphatic rings. The van der Waals surface area contributed by atoms with Gasteiger partial charge < -0.3 is 5.11 Å². The largest absolute Gasteiger partial charge is 0.478 e. The third-order valence-corrected chi connectivity index (χ3v) is 3.77. The number of carbonyl (C=O) groups is 1. The Hall–Kier alpha value is -2.77. The van der Waals surface area contributed by atoms with Gasteiger partial charge in [0.2, 0.25) is 4.77 Å². The van der Waals surface area contributed by atoms with Crippen molar-refractivity contribution in [3.63, 3.8) is 0 Å². The average Bonchev–Trinajstić information content (AvgIpc) is 2.94. The fourth-order valence-corrected chi connectivity index (χ4v) is 2.41. The van der Waals surface area contributed by atoms with Crippen molar-refractivity contribution in [2.24, 2.45) is 5.10 Å². The minimum absolute atomic E-state index is 0.157. The second-order valence-electron chi connectivity index (χ2n) is 4.81. The molecule has 120 valence electrons. The van der Waals surface area contributed by atoms with Crippen LogP contribution in [0.4, 0.5) is 0 Å². The van der Waals surface area contributed by atoms with Crippen molar-refractivity contribution in [3.8, 4) is 11.4 Å². The van der Waals surface area contributed by atoms with Gasteiger partial charge in [-0.25, -0.2) is 9.89 Å². The number of carboxylic acid groups (broad SMARTS) is 1. The predicted molar refractivity (Wildman–Crippen MR) is 94.3 cm³/mol. The van der Waals surface area contributed by atoms with Gasteiger partial charge in [-0.15, -0.1) is 0 Å². The minimum atomic E-state index is -1.02. The van der Waals surface area contributed by atoms with Gasteiger partial charge in [0.05, 0.1) is 11.8 Å². The number of aromatic amines is 1. The first-order valence-electron chi connectivity index (χ1n) is 6.86. The molecule has 0 saturated heterocycles. The van der Waals surface area contributed by atoms with Crippen molar-refractivity contribution >= 4 is 36.0 Å². The molecule has 0 aliphatic carbocycles. The average molecular weight is 359 g/mol. The van der Waals surface area contributed by atoms with E-state index in [1.165, 1.54) is 17.0 Å². The first-order valence-corrected chi connectivity index (χ1v) is 7.65. The van der Waals surface area contributed by atoms with Crippen LogP contribution in [0, 0.1) is 4.77 Å². The second kappa shape index (κ2) is 6.77. The standard InChI is InChI=1S/C16H11ClN4O2S/c17-12-7-5-10(6-8-12)14-19-20-16(24)21(14)18-9-11-3-1-2-4-13(11)15(22)23/h1-9H,(H,20,24)(H,22,23). The van der Waals surface area contributed by atoms with Crippen LogP contribution in [0.1, 0.15) is 15.9 Å². The highest BCUT2D eigenvalue weighted by Crippen LogP contribution is 2.20. The van der Waals surface area contributed by atoms with E-state index < -0.39 is 5.97 Å². The molecule has 8 heteroatoms. The van der Waals surface area contributed by atoms with E-state index in [1.54, 1.807) is 42.5 Å². The molecule has 2 aromatic carbocycles. The third kappa shape index (κ3) is 3.27. The lowest BCUT2D eigenvalue weighted by molar-refractivity contribution is 0.0697. The van der Waals surface area contributed by atoms with Gasteiger partial charge in [-0.3, -0.25) is 0 Å². The van der Waals surface area contributed by atoms with Crippen molar-refractivity contribution < 1.29 is 9.90 Å². The quantitative estimate of drug-likeness (QED) is 0.548. The van der Waals surface area contributed by atoms with Crippen LogP contribution in [0.25, 0.3) is 11.4 Å². The van der Waals surface area contributed by atoms with E-state index in [0.717, 1.165) is 5.56 Å². The van der Waals surface area contributed by atoms with Crippen LogP contribution < -0.4 is 0 Å². The summed E-state index contributed by atoms with van der Waals surface area (Å²) >= 11 is 11.1. The van der Waals surface area contributed by atoms with Gasteiger partial charge in [0.25, 0.3) is 0 Å². The molecule has 2 N–H and O–H groups in total. The van der Waals surface area contributed by atoms with Crippen LogP contribution in [0.15, 0.2) is 53.6 Å². The van der Waals surface area contributed by atoms with Crippen LogP contribution in [0.2, 0.25) is 5.02 Å². The highest BCUT2D eigenvalue weighted by Gasteiger charge is 2.10. The Labute approximate surface area is 147 Å². The summed E-state index contributed by atoms with van der Waals surface area (Å²) < 4.78 is 1.72. The summed E-state index contributed by atoms with van der Waals surface area (Å²) in [5.74, 6) is -0.522. The zero-order valence-electron chi connectivity index (χ0n) is 12.2. The molecule has 6 nitrogen and oxygen atoms in total. The summed E-state index contributed by atoms with van der Waals surface area (Å²) in [6, 6.07) is 13.6. The lowest BCUT2D eigenvalue weighted by Gasteiger charge is -2.02. The zero-order valence-corrected chi connectivity index (χ0v) is 13.8. The fourth-order valence-electron chi connectivity index (χ4n) is 2.11. The zero-order chi connectivity index (χ0) is 17.1. The molecular weight excluding hydrogens is 348 g/mol. The number of nitrogens with one attached hydrogen (secondary N) is 1. The number of hydrogen-bond donors (Lipinski definition) is 2. The topological polar surface area (TPSA) is 83.3 Å². The molecule has 0 saturated carbocycles. The molecule has 0 atom stereocenters. The third-order valence-electron chi connectivity index (χ3n) is 3.26. The number of hydrogen-bond acceptors (Lipinski definition) is 4. The fraction of sp³-hybridized carbons (Fsp3) is 0. The van der Waals surface area contributed by atoms with Crippen molar-refractivity contribution in [1.82, 2.24) is 14.9 Å². The predicted octanol–water partition coefficient (Wildman–Crippen LogP) is 3.84. The highest BCUT2D eigenvalue weighted by atomic mass is 35.5. The van der Waals surface area contributed by atoms with Crippen LogP contribution >= 0.6 is 23.8 Å². The minimum Gasteiger partial charge on any atom is -0.478 e. The molecule has 0 aliphatic heterocycles. The van der Waals surface area contributed by atoms with Crippen molar-refractivity contribution in [2.45, 2.75) is 0 Å². The van der Waals surface area contributed by atoms with Gasteiger partial charge in [-0.2, -0.15) is 14.9 Å². The molecule has 1 heterocycles. The van der Waals surface area contributed by atoms with Crippen molar-refractivity contribution in [1.29, 1.82) is 0 Å². The summed E-state index contributed by atoms with van der Waals surface area (Å²) in [4.78, 5) is 11.3. The molecule has 0 unspecified atom stereocenters. The normalized spacial score (nSPS) is 11.0. The monoisotopic (exact) mass is 358 g/mol. The van der Waals surface area contributed by atoms with Crippen molar-refractivity contribution in [2.75, 3.05) is 0 Å². The van der Waals surface area contributed by atoms with E-state index in [1.807, 2.05) is 0 Å². The Morgan fingerprint density at radius 3 is 2.67 bits per heavy atom. The Morgan fingerprint density at radius 1 is 1.25 bits per heavy atom. The van der Waals surface area contributed by atoms with Crippen molar-refractivity contribution in [3.05, 3.63) is 69.5 Å². The number of aromatic nitrogens is 3. The molecule has 3 aromatic rings. The Morgan fingerprint density at radius 2 is 1.96 bits per heavy atom. The molecule has 0 spiro atoms. The first-order chi connectivity index (χ1) is 11.6. The first kappa shape index (κ1) is 16.1. The molecule has 0 amide bonds. The van der Waals surface area contributed by atoms with E-state index in [9.17, 15) is 9.90 Å². The van der Waals surface area contributed by atoms with Gasteiger partial charge in [-0.1, -0.05) is 29.8 Å². The van der Waals surface area contributed by atoms with Crippen LogP contribution in [-0.4, -0.2) is 32.2 Å². The number of benzene rings is 2. The number of H-pyrrole nitrogens is 1. The van der Waals surface area contributed by atoms with Gasteiger partial charge >= 0.3 is 5.97 Å². The molecule has 3 rings (SSSR count). The SMILES string of the molecule is O=C(O)c1ccccc1C=Nn1c(-c2ccc(Cl)cc2)n[nH]c1=S. The van der Waals surface area contributed by atoms with Gasteiger partial charge in [-0.05, 0) is 42.5 Å². The van der Waals surface area contributed by atoms with Gasteiger partial charge in [0.1, 0.15) is 0 Å². The Kier molecular flexibility index (Phi) is 4.54.